The van der Waals surface area contributed by atoms with E-state index in [0.29, 0.717) is 34.0 Å². The molecule has 166 valence electrons. The summed E-state index contributed by atoms with van der Waals surface area (Å²) in [4.78, 5) is 32.4. The van der Waals surface area contributed by atoms with Crippen molar-refractivity contribution < 1.29 is 14.3 Å². The monoisotopic (exact) mass is 498 g/mol. The van der Waals surface area contributed by atoms with E-state index in [9.17, 15) is 9.59 Å². The van der Waals surface area contributed by atoms with Crippen LogP contribution < -0.4 is 21.7 Å². The van der Waals surface area contributed by atoms with Gasteiger partial charge in [-0.3, -0.25) is 9.59 Å². The van der Waals surface area contributed by atoms with E-state index in [-0.39, 0.29) is 12.5 Å². The van der Waals surface area contributed by atoms with Crippen LogP contribution in [0.1, 0.15) is 5.56 Å². The molecule has 0 fully saturated rings. The first kappa shape index (κ1) is 23.2. The number of carbonyl (C=O) groups excluding carboxylic acids is 2. The molecule has 0 saturated heterocycles. The predicted octanol–water partition coefficient (Wildman–Crippen LogP) is 3.08. The van der Waals surface area contributed by atoms with Gasteiger partial charge < -0.3 is 26.4 Å². The van der Waals surface area contributed by atoms with E-state index in [1.807, 2.05) is 36.4 Å². The Balaban J connectivity index is 1.63. The average molecular weight is 499 g/mol. The summed E-state index contributed by atoms with van der Waals surface area (Å²) in [7, 11) is 1.31. The lowest BCUT2D eigenvalue weighted by Crippen LogP contribution is -2.37. The number of nitrogens with two attached hydrogens (primary N) is 1. The molecule has 0 aliphatic carbocycles. The van der Waals surface area contributed by atoms with Gasteiger partial charge in [-0.25, -0.2) is 4.98 Å². The van der Waals surface area contributed by atoms with Gasteiger partial charge in [0.1, 0.15) is 12.4 Å². The van der Waals surface area contributed by atoms with Crippen molar-refractivity contribution in [2.24, 2.45) is 5.73 Å². The Morgan fingerprint density at radius 1 is 1.12 bits per heavy atom. The number of esters is 1. The zero-order chi connectivity index (χ0) is 22.9. The summed E-state index contributed by atoms with van der Waals surface area (Å²) >= 11 is 3.34. The first-order valence-corrected chi connectivity index (χ1v) is 10.5. The van der Waals surface area contributed by atoms with Crippen molar-refractivity contribution >= 4 is 50.9 Å². The number of amides is 1. The second kappa shape index (κ2) is 11.2. The van der Waals surface area contributed by atoms with Crippen LogP contribution in [-0.2, 0) is 20.7 Å². The summed E-state index contributed by atoms with van der Waals surface area (Å²) in [6, 6.07) is 16.1. The molecule has 0 radical (unpaired) electrons. The first-order chi connectivity index (χ1) is 15.4. The van der Waals surface area contributed by atoms with Crippen molar-refractivity contribution in [1.29, 1.82) is 0 Å². The fourth-order valence-corrected chi connectivity index (χ4v) is 3.11. The molecule has 1 atom stereocenters. The van der Waals surface area contributed by atoms with Gasteiger partial charge in [0, 0.05) is 17.6 Å². The van der Waals surface area contributed by atoms with Crippen LogP contribution in [0.2, 0.25) is 0 Å². The van der Waals surface area contributed by atoms with Crippen LogP contribution in [0.15, 0.2) is 65.3 Å². The number of methoxy groups -OCH3 is 1. The molecule has 2 aromatic carbocycles. The Bertz CT molecular complexity index is 1080. The molecular weight excluding hydrogens is 476 g/mol. The number of halogens is 1. The number of hydrogen-bond acceptors (Lipinski definition) is 8. The summed E-state index contributed by atoms with van der Waals surface area (Å²) in [5.74, 6) is 0.0493. The third-order valence-electron chi connectivity index (χ3n) is 4.39. The van der Waals surface area contributed by atoms with Crippen molar-refractivity contribution in [3.8, 4) is 0 Å². The second-order valence-corrected chi connectivity index (χ2v) is 7.67. The smallest absolute Gasteiger partial charge is 0.325 e. The van der Waals surface area contributed by atoms with Crippen molar-refractivity contribution in [3.63, 3.8) is 0 Å². The Labute approximate surface area is 193 Å². The van der Waals surface area contributed by atoms with Gasteiger partial charge in [0.05, 0.1) is 17.6 Å². The van der Waals surface area contributed by atoms with Gasteiger partial charge in [-0.05, 0) is 46.1 Å². The molecule has 1 unspecified atom stereocenters. The van der Waals surface area contributed by atoms with E-state index in [1.165, 1.54) is 7.11 Å². The minimum absolute atomic E-state index is 0.0314. The lowest BCUT2D eigenvalue weighted by atomic mass is 10.1. The van der Waals surface area contributed by atoms with E-state index in [1.54, 1.807) is 24.4 Å². The maximum atomic E-state index is 12.5. The Morgan fingerprint density at radius 3 is 2.62 bits per heavy atom. The number of benzene rings is 2. The lowest BCUT2D eigenvalue weighted by molar-refractivity contribution is -0.138. The summed E-state index contributed by atoms with van der Waals surface area (Å²) in [5, 5.41) is 8.78. The van der Waals surface area contributed by atoms with Gasteiger partial charge in [0.15, 0.2) is 0 Å². The number of rotatable bonds is 9. The molecule has 0 aliphatic rings. The molecule has 0 saturated carbocycles. The fraction of sp³-hybridized carbons (Fsp3) is 0.182. The van der Waals surface area contributed by atoms with Crippen LogP contribution in [0.5, 0.6) is 0 Å². The van der Waals surface area contributed by atoms with E-state index in [0.717, 1.165) is 5.56 Å². The molecule has 32 heavy (non-hydrogen) atoms. The highest BCUT2D eigenvalue weighted by atomic mass is 79.9. The van der Waals surface area contributed by atoms with Gasteiger partial charge in [-0.15, -0.1) is 0 Å². The van der Waals surface area contributed by atoms with Gasteiger partial charge in [-0.2, -0.15) is 4.98 Å². The maximum Gasteiger partial charge on any atom is 0.325 e. The van der Waals surface area contributed by atoms with Crippen LogP contribution in [0, 0.1) is 0 Å². The van der Waals surface area contributed by atoms with Gasteiger partial charge in [0.25, 0.3) is 0 Å². The van der Waals surface area contributed by atoms with E-state index in [4.69, 9.17) is 5.73 Å². The third-order valence-corrected chi connectivity index (χ3v) is 4.97. The second-order valence-electron chi connectivity index (χ2n) is 6.81. The summed E-state index contributed by atoms with van der Waals surface area (Å²) in [6.07, 6.45) is 2.00. The molecule has 10 heteroatoms. The zero-order valence-electron chi connectivity index (χ0n) is 17.3. The van der Waals surface area contributed by atoms with E-state index in [2.05, 4.69) is 46.6 Å². The lowest BCUT2D eigenvalue weighted by Gasteiger charge is -2.14. The standard InChI is InChI=1S/C22H23BrN6O3/c1-32-19(30)13-25-20-17(23)12-26-22(29-20)28-16-9-5-8-15(11-16)27-21(31)18(24)10-14-6-3-2-4-7-14/h2-9,11-12,18H,10,13,24H2,1H3,(H,27,31)(H2,25,26,28,29). The van der Waals surface area contributed by atoms with Crippen molar-refractivity contribution in [1.82, 2.24) is 9.97 Å². The van der Waals surface area contributed by atoms with Crippen LogP contribution in [0.4, 0.5) is 23.1 Å². The molecular formula is C22H23BrN6O3. The number of hydrogen-bond donors (Lipinski definition) is 4. The van der Waals surface area contributed by atoms with Gasteiger partial charge in [0.2, 0.25) is 11.9 Å². The number of nitrogens with zero attached hydrogens (tertiary/aromatic N) is 2. The molecule has 0 bridgehead atoms. The largest absolute Gasteiger partial charge is 0.468 e. The quantitative estimate of drug-likeness (QED) is 0.331. The number of anilines is 4. The zero-order valence-corrected chi connectivity index (χ0v) is 18.9. The van der Waals surface area contributed by atoms with Crippen LogP contribution in [0.25, 0.3) is 0 Å². The summed E-state index contributed by atoms with van der Waals surface area (Å²) in [6.45, 7) is -0.0314. The third kappa shape index (κ3) is 6.76. The number of carbonyl (C=O) groups is 2. The fourth-order valence-electron chi connectivity index (χ4n) is 2.78. The molecule has 5 N–H and O–H groups in total. The number of nitrogens with one attached hydrogen (secondary N) is 3. The minimum Gasteiger partial charge on any atom is -0.468 e. The Hall–Kier alpha value is -3.50. The highest BCUT2D eigenvalue weighted by Crippen LogP contribution is 2.23. The molecule has 1 aromatic heterocycles. The van der Waals surface area contributed by atoms with Crippen molar-refractivity contribution in [2.75, 3.05) is 29.6 Å². The van der Waals surface area contributed by atoms with E-state index >= 15 is 0 Å². The average Bonchev–Trinajstić information content (AvgIpc) is 2.80. The molecule has 9 nitrogen and oxygen atoms in total. The molecule has 3 rings (SSSR count). The molecule has 3 aromatic rings. The Morgan fingerprint density at radius 2 is 1.88 bits per heavy atom. The summed E-state index contributed by atoms with van der Waals surface area (Å²) < 4.78 is 5.21. The van der Waals surface area contributed by atoms with E-state index < -0.39 is 12.0 Å². The molecule has 0 spiro atoms. The van der Waals surface area contributed by atoms with Crippen molar-refractivity contribution in [2.45, 2.75) is 12.5 Å². The van der Waals surface area contributed by atoms with Crippen LogP contribution >= 0.6 is 15.9 Å². The Kier molecular flexibility index (Phi) is 8.12. The minimum atomic E-state index is -0.674. The highest BCUT2D eigenvalue weighted by Gasteiger charge is 2.14. The molecule has 1 amide bonds. The van der Waals surface area contributed by atoms with Crippen molar-refractivity contribution in [3.05, 3.63) is 70.8 Å². The normalized spacial score (nSPS) is 11.3. The highest BCUT2D eigenvalue weighted by molar-refractivity contribution is 9.10. The maximum absolute atomic E-state index is 12.5. The first-order valence-electron chi connectivity index (χ1n) is 9.75. The molecule has 1 heterocycles. The summed E-state index contributed by atoms with van der Waals surface area (Å²) in [5.41, 5.74) is 8.31. The molecule has 0 aliphatic heterocycles. The van der Waals surface area contributed by atoms with Gasteiger partial charge >= 0.3 is 5.97 Å². The topological polar surface area (TPSA) is 131 Å². The number of ether oxygens (including phenoxy) is 1. The predicted molar refractivity (Wildman–Crippen MR) is 127 cm³/mol. The van der Waals surface area contributed by atoms with Gasteiger partial charge in [-0.1, -0.05) is 36.4 Å². The van der Waals surface area contributed by atoms with Crippen LogP contribution in [-0.4, -0.2) is 41.5 Å². The SMILES string of the molecule is COC(=O)CNc1nc(Nc2cccc(NC(=O)C(N)Cc3ccccc3)c2)ncc1Br. The number of aromatic nitrogens is 2. The van der Waals surface area contributed by atoms with Crippen LogP contribution in [0.3, 0.4) is 0 Å².